The number of thiophene rings is 1. The molecule has 0 aliphatic rings. The van der Waals surface area contributed by atoms with Crippen LogP contribution in [0.25, 0.3) is 32.6 Å². The highest BCUT2D eigenvalue weighted by molar-refractivity contribution is 7.21. The number of amides is 1. The number of methoxy groups -OCH3 is 4. The van der Waals surface area contributed by atoms with Gasteiger partial charge in [-0.05, 0) is 24.3 Å². The van der Waals surface area contributed by atoms with Crippen LogP contribution in [0.3, 0.4) is 0 Å². The Hall–Kier alpha value is -3.66. The van der Waals surface area contributed by atoms with E-state index in [0.29, 0.717) is 32.3 Å². The second-order valence-electron chi connectivity index (χ2n) is 7.62. The highest BCUT2D eigenvalue weighted by atomic mass is 32.1. The summed E-state index contributed by atoms with van der Waals surface area (Å²) in [4.78, 5) is 18.9. The maximum absolute atomic E-state index is 13.0. The van der Waals surface area contributed by atoms with E-state index < -0.39 is 6.29 Å². The molecule has 0 bridgehead atoms. The number of nitrogens with zero attached hydrogens (tertiary/aromatic N) is 1. The third-order valence-electron chi connectivity index (χ3n) is 5.63. The van der Waals surface area contributed by atoms with E-state index in [0.717, 1.165) is 22.4 Å². The van der Waals surface area contributed by atoms with Gasteiger partial charge in [0.25, 0.3) is 5.91 Å². The summed E-state index contributed by atoms with van der Waals surface area (Å²) >= 11 is 1.24. The van der Waals surface area contributed by atoms with Crippen LogP contribution in [-0.4, -0.2) is 52.2 Å². The molecule has 0 spiro atoms. The molecule has 0 saturated heterocycles. The molecular weight excluding hydrogens is 466 g/mol. The predicted octanol–water partition coefficient (Wildman–Crippen LogP) is 4.58. The Labute approximate surface area is 207 Å². The van der Waals surface area contributed by atoms with Crippen LogP contribution in [0.1, 0.15) is 9.67 Å². The van der Waals surface area contributed by atoms with Crippen molar-refractivity contribution in [2.45, 2.75) is 6.29 Å². The van der Waals surface area contributed by atoms with E-state index in [1.54, 1.807) is 14.2 Å². The van der Waals surface area contributed by atoms with E-state index in [9.17, 15) is 4.79 Å². The van der Waals surface area contributed by atoms with Gasteiger partial charge in [0, 0.05) is 36.3 Å². The minimum atomic E-state index is -0.561. The van der Waals surface area contributed by atoms with Crippen molar-refractivity contribution in [3.8, 4) is 33.9 Å². The normalized spacial score (nSPS) is 11.1. The standard InChI is InChI=1S/C26H27N3O5S/c1-31-16-10-11-20(32-2)17(12-16)18-13-19(15-8-6-5-7-9-15)29-26-22(18)23(27)24(35-26)25(30)28-14-21(33-3)34-4/h5-13,21H,14,27H2,1-4H3,(H,28,30). The molecule has 0 radical (unpaired) electrons. The van der Waals surface area contributed by atoms with Gasteiger partial charge in [-0.2, -0.15) is 0 Å². The number of anilines is 1. The van der Waals surface area contributed by atoms with Gasteiger partial charge in [-0.3, -0.25) is 4.79 Å². The lowest BCUT2D eigenvalue weighted by Crippen LogP contribution is -2.34. The van der Waals surface area contributed by atoms with Gasteiger partial charge < -0.3 is 30.0 Å². The van der Waals surface area contributed by atoms with Gasteiger partial charge in [0.05, 0.1) is 32.1 Å². The number of pyridine rings is 1. The van der Waals surface area contributed by atoms with Crippen molar-refractivity contribution in [1.29, 1.82) is 0 Å². The van der Waals surface area contributed by atoms with Gasteiger partial charge in [0.15, 0.2) is 6.29 Å². The second-order valence-corrected chi connectivity index (χ2v) is 8.62. The Kier molecular flexibility index (Phi) is 7.50. The van der Waals surface area contributed by atoms with Crippen LogP contribution in [0.2, 0.25) is 0 Å². The molecule has 0 fully saturated rings. The second kappa shape index (κ2) is 10.7. The van der Waals surface area contributed by atoms with Crippen LogP contribution >= 0.6 is 11.3 Å². The number of nitrogen functional groups attached to an aromatic ring is 1. The molecular formula is C26H27N3O5S. The number of hydrogen-bond acceptors (Lipinski definition) is 8. The molecule has 2 heterocycles. The molecule has 2 aromatic carbocycles. The van der Waals surface area contributed by atoms with Crippen molar-refractivity contribution in [3.05, 3.63) is 59.5 Å². The molecule has 182 valence electrons. The lowest BCUT2D eigenvalue weighted by atomic mass is 9.98. The summed E-state index contributed by atoms with van der Waals surface area (Å²) < 4.78 is 21.4. The van der Waals surface area contributed by atoms with Gasteiger partial charge >= 0.3 is 0 Å². The Morgan fingerprint density at radius 2 is 1.74 bits per heavy atom. The number of ether oxygens (including phenoxy) is 4. The SMILES string of the molecule is COc1ccc(OC)c(-c2cc(-c3ccccc3)nc3sc(C(=O)NCC(OC)OC)c(N)c23)c1. The molecule has 0 aliphatic carbocycles. The van der Waals surface area contributed by atoms with Gasteiger partial charge in [0.2, 0.25) is 0 Å². The van der Waals surface area contributed by atoms with Crippen LogP contribution in [0.5, 0.6) is 11.5 Å². The number of aromatic nitrogens is 1. The molecule has 3 N–H and O–H groups in total. The van der Waals surface area contributed by atoms with Crippen LogP contribution in [0.15, 0.2) is 54.6 Å². The quantitative estimate of drug-likeness (QED) is 0.329. The maximum atomic E-state index is 13.0. The van der Waals surface area contributed by atoms with Gasteiger partial charge in [-0.15, -0.1) is 11.3 Å². The highest BCUT2D eigenvalue weighted by Gasteiger charge is 2.23. The summed E-state index contributed by atoms with van der Waals surface area (Å²) in [5, 5.41) is 3.50. The summed E-state index contributed by atoms with van der Waals surface area (Å²) in [7, 11) is 6.24. The molecule has 8 nitrogen and oxygen atoms in total. The summed E-state index contributed by atoms with van der Waals surface area (Å²) in [5.41, 5.74) is 10.2. The summed E-state index contributed by atoms with van der Waals surface area (Å²) in [5.74, 6) is 0.996. The smallest absolute Gasteiger partial charge is 0.263 e. The predicted molar refractivity (Wildman–Crippen MR) is 138 cm³/mol. The number of rotatable bonds is 9. The summed E-state index contributed by atoms with van der Waals surface area (Å²) in [6, 6.07) is 17.4. The van der Waals surface area contributed by atoms with E-state index in [-0.39, 0.29) is 12.5 Å². The number of nitrogens with one attached hydrogen (secondary N) is 1. The van der Waals surface area contributed by atoms with E-state index in [1.807, 2.05) is 54.6 Å². The van der Waals surface area contributed by atoms with Crippen LogP contribution in [-0.2, 0) is 9.47 Å². The van der Waals surface area contributed by atoms with Crippen LogP contribution in [0, 0.1) is 0 Å². The molecule has 35 heavy (non-hydrogen) atoms. The molecule has 0 aliphatic heterocycles. The molecule has 1 amide bonds. The third kappa shape index (κ3) is 4.93. The molecule has 4 rings (SSSR count). The van der Waals surface area contributed by atoms with Crippen molar-refractivity contribution in [3.63, 3.8) is 0 Å². The lowest BCUT2D eigenvalue weighted by molar-refractivity contribution is -0.0974. The van der Waals surface area contributed by atoms with E-state index in [2.05, 4.69) is 5.32 Å². The first-order valence-corrected chi connectivity index (χ1v) is 11.7. The Bertz CT molecular complexity index is 1340. The number of benzene rings is 2. The van der Waals surface area contributed by atoms with Crippen LogP contribution in [0.4, 0.5) is 5.69 Å². The molecule has 0 unspecified atom stereocenters. The van der Waals surface area contributed by atoms with E-state index >= 15 is 0 Å². The Morgan fingerprint density at radius 3 is 2.40 bits per heavy atom. The third-order valence-corrected chi connectivity index (χ3v) is 6.72. The van der Waals surface area contributed by atoms with Crippen molar-refractivity contribution in [2.24, 2.45) is 0 Å². The van der Waals surface area contributed by atoms with Gasteiger partial charge in [-0.1, -0.05) is 30.3 Å². The van der Waals surface area contributed by atoms with Crippen molar-refractivity contribution < 1.29 is 23.7 Å². The summed E-state index contributed by atoms with van der Waals surface area (Å²) in [6.07, 6.45) is -0.561. The minimum Gasteiger partial charge on any atom is -0.497 e. The fourth-order valence-corrected chi connectivity index (χ4v) is 4.84. The van der Waals surface area contributed by atoms with Gasteiger partial charge in [-0.25, -0.2) is 4.98 Å². The largest absolute Gasteiger partial charge is 0.497 e. The summed E-state index contributed by atoms with van der Waals surface area (Å²) in [6.45, 7) is 0.179. The Morgan fingerprint density at radius 1 is 1.00 bits per heavy atom. The van der Waals surface area contributed by atoms with Crippen molar-refractivity contribution in [1.82, 2.24) is 10.3 Å². The topological polar surface area (TPSA) is 105 Å². The number of hydrogen-bond donors (Lipinski definition) is 2. The Balaban J connectivity index is 1.91. The number of carbonyl (C=O) groups excluding carboxylic acids is 1. The van der Waals surface area contributed by atoms with Gasteiger partial charge in [0.1, 0.15) is 21.2 Å². The van der Waals surface area contributed by atoms with E-state index in [4.69, 9.17) is 29.7 Å². The van der Waals surface area contributed by atoms with Crippen molar-refractivity contribution >= 4 is 33.1 Å². The minimum absolute atomic E-state index is 0.179. The maximum Gasteiger partial charge on any atom is 0.263 e. The molecule has 9 heteroatoms. The number of fused-ring (bicyclic) bond motifs is 1. The molecule has 0 saturated carbocycles. The molecule has 2 aromatic heterocycles. The molecule has 0 atom stereocenters. The van der Waals surface area contributed by atoms with Crippen molar-refractivity contribution in [2.75, 3.05) is 40.7 Å². The monoisotopic (exact) mass is 493 g/mol. The van der Waals surface area contributed by atoms with E-state index in [1.165, 1.54) is 25.6 Å². The lowest BCUT2D eigenvalue weighted by Gasteiger charge is -2.14. The average Bonchev–Trinajstić information content (AvgIpc) is 3.25. The zero-order valence-electron chi connectivity index (χ0n) is 20.0. The number of nitrogens with two attached hydrogens (primary N) is 1. The fraction of sp³-hybridized carbons (Fsp3) is 0.231. The number of carbonyl (C=O) groups is 1. The van der Waals surface area contributed by atoms with Crippen LogP contribution < -0.4 is 20.5 Å². The fourth-order valence-electron chi connectivity index (χ4n) is 3.80. The zero-order valence-corrected chi connectivity index (χ0v) is 20.8. The zero-order chi connectivity index (χ0) is 24.9. The first-order valence-electron chi connectivity index (χ1n) is 10.8. The first kappa shape index (κ1) is 24.5. The highest BCUT2D eigenvalue weighted by Crippen LogP contribution is 2.44. The first-order chi connectivity index (χ1) is 17.0. The molecule has 4 aromatic rings. The average molecular weight is 494 g/mol.